The Morgan fingerprint density at radius 3 is 2.47 bits per heavy atom. The SMILES string of the molecule is CCNC(=O)c1cc2c(-c3cc(NS(=O)(=O)CC)ccc3Oc3ccc(F)cc3)cn(C)c(=O)c2o1. The number of aromatic nitrogens is 1. The third kappa shape index (κ3) is 5.10. The van der Waals surface area contributed by atoms with E-state index in [2.05, 4.69) is 10.0 Å². The summed E-state index contributed by atoms with van der Waals surface area (Å²) in [4.78, 5) is 25.2. The molecule has 9 nitrogen and oxygen atoms in total. The molecule has 4 rings (SSSR count). The van der Waals surface area contributed by atoms with Gasteiger partial charge in [-0.2, -0.15) is 0 Å². The molecule has 11 heteroatoms. The Hall–Kier alpha value is -4.12. The summed E-state index contributed by atoms with van der Waals surface area (Å²) >= 11 is 0. The maximum absolute atomic E-state index is 13.4. The van der Waals surface area contributed by atoms with Gasteiger partial charge >= 0.3 is 0 Å². The fourth-order valence-electron chi connectivity index (χ4n) is 3.58. The number of sulfonamides is 1. The molecule has 0 saturated carbocycles. The largest absolute Gasteiger partial charge is 0.457 e. The minimum atomic E-state index is -3.58. The van der Waals surface area contributed by atoms with Gasteiger partial charge in [0.15, 0.2) is 5.76 Å². The summed E-state index contributed by atoms with van der Waals surface area (Å²) in [6.07, 6.45) is 1.55. The topological polar surface area (TPSA) is 120 Å². The van der Waals surface area contributed by atoms with Crippen LogP contribution < -0.4 is 20.3 Å². The number of anilines is 1. The number of rotatable bonds is 8. The van der Waals surface area contributed by atoms with E-state index in [0.717, 1.165) is 0 Å². The van der Waals surface area contributed by atoms with E-state index in [0.29, 0.717) is 34.6 Å². The van der Waals surface area contributed by atoms with Gasteiger partial charge in [0.1, 0.15) is 17.3 Å². The van der Waals surface area contributed by atoms with Crippen molar-refractivity contribution < 1.29 is 26.8 Å². The first-order valence-corrected chi connectivity index (χ1v) is 12.8. The average Bonchev–Trinajstić information content (AvgIpc) is 3.30. The molecular formula is C25H24FN3O6S. The van der Waals surface area contributed by atoms with Crippen LogP contribution in [0.15, 0.2) is 63.9 Å². The Morgan fingerprint density at radius 1 is 1.08 bits per heavy atom. The van der Waals surface area contributed by atoms with Gasteiger partial charge in [-0.1, -0.05) is 0 Å². The smallest absolute Gasteiger partial charge is 0.293 e. The fraction of sp³-hybridized carbons (Fsp3) is 0.200. The first-order chi connectivity index (χ1) is 17.1. The van der Waals surface area contributed by atoms with E-state index in [1.165, 1.54) is 54.9 Å². The molecule has 0 saturated heterocycles. The van der Waals surface area contributed by atoms with Crippen molar-refractivity contribution in [2.75, 3.05) is 17.0 Å². The van der Waals surface area contributed by atoms with Crippen LogP contribution in [0.2, 0.25) is 0 Å². The number of nitrogens with zero attached hydrogens (tertiary/aromatic N) is 1. The van der Waals surface area contributed by atoms with Crippen molar-refractivity contribution in [2.45, 2.75) is 13.8 Å². The first kappa shape index (κ1) is 25.0. The predicted octanol–water partition coefficient (Wildman–Crippen LogP) is 4.24. The Labute approximate surface area is 206 Å². The van der Waals surface area contributed by atoms with Gasteiger partial charge in [-0.25, -0.2) is 12.8 Å². The number of nitrogens with one attached hydrogen (secondary N) is 2. The van der Waals surface area contributed by atoms with Gasteiger partial charge in [-0.15, -0.1) is 0 Å². The van der Waals surface area contributed by atoms with Gasteiger partial charge in [-0.3, -0.25) is 14.3 Å². The zero-order valence-corrected chi connectivity index (χ0v) is 20.6. The number of hydrogen-bond donors (Lipinski definition) is 2. The van der Waals surface area contributed by atoms with Crippen molar-refractivity contribution in [3.8, 4) is 22.6 Å². The molecule has 0 aliphatic heterocycles. The van der Waals surface area contributed by atoms with Crippen molar-refractivity contribution in [2.24, 2.45) is 7.05 Å². The number of aryl methyl sites for hydroxylation is 1. The van der Waals surface area contributed by atoms with Crippen molar-refractivity contribution in [3.05, 3.63) is 76.7 Å². The maximum atomic E-state index is 13.4. The number of furan rings is 1. The number of amides is 1. The lowest BCUT2D eigenvalue weighted by Crippen LogP contribution is -2.22. The first-order valence-electron chi connectivity index (χ1n) is 11.1. The van der Waals surface area contributed by atoms with Crippen molar-refractivity contribution >= 4 is 32.6 Å². The number of hydrogen-bond acceptors (Lipinski definition) is 6. The molecule has 0 aliphatic carbocycles. The third-order valence-corrected chi connectivity index (χ3v) is 6.69. The monoisotopic (exact) mass is 513 g/mol. The van der Waals surface area contributed by atoms with Gasteiger partial charge in [0.2, 0.25) is 15.6 Å². The number of benzene rings is 2. The van der Waals surface area contributed by atoms with Gasteiger partial charge in [-0.05, 0) is 62.4 Å². The Morgan fingerprint density at radius 2 is 1.81 bits per heavy atom. The van der Waals surface area contributed by atoms with Crippen LogP contribution in [-0.2, 0) is 17.1 Å². The Bertz CT molecular complexity index is 1610. The summed E-state index contributed by atoms with van der Waals surface area (Å²) < 4.78 is 53.2. The quantitative estimate of drug-likeness (QED) is 0.364. The molecule has 188 valence electrons. The zero-order valence-electron chi connectivity index (χ0n) is 19.8. The van der Waals surface area contributed by atoms with Crippen molar-refractivity contribution in [1.29, 1.82) is 0 Å². The summed E-state index contributed by atoms with van der Waals surface area (Å²) in [6.45, 7) is 3.64. The molecule has 4 aromatic rings. The molecule has 0 fully saturated rings. The van der Waals surface area contributed by atoms with E-state index in [4.69, 9.17) is 9.15 Å². The average molecular weight is 514 g/mol. The van der Waals surface area contributed by atoms with Crippen LogP contribution in [0.5, 0.6) is 11.5 Å². The fourth-order valence-corrected chi connectivity index (χ4v) is 4.21. The van der Waals surface area contributed by atoms with Gasteiger partial charge in [0.05, 0.1) is 5.75 Å². The number of carbonyl (C=O) groups is 1. The highest BCUT2D eigenvalue weighted by atomic mass is 32.2. The standard InChI is InChI=1S/C25H24FN3O6S/c1-4-27-24(30)22-13-19-20(14-29(3)25(31)23(19)35-22)18-12-16(28-36(32,33)5-2)8-11-21(18)34-17-9-6-15(26)7-10-17/h6-14,28H,4-5H2,1-3H3,(H,27,30). The van der Waals surface area contributed by atoms with Crippen molar-refractivity contribution in [1.82, 2.24) is 9.88 Å². The summed E-state index contributed by atoms with van der Waals surface area (Å²) in [6, 6.07) is 11.5. The highest BCUT2D eigenvalue weighted by Gasteiger charge is 2.21. The molecule has 1 amide bonds. The summed E-state index contributed by atoms with van der Waals surface area (Å²) in [5, 5.41) is 2.98. The van der Waals surface area contributed by atoms with E-state index >= 15 is 0 Å². The van der Waals surface area contributed by atoms with Crippen LogP contribution in [0.1, 0.15) is 24.4 Å². The van der Waals surface area contributed by atoms with E-state index in [1.807, 2.05) is 0 Å². The minimum Gasteiger partial charge on any atom is -0.457 e. The summed E-state index contributed by atoms with van der Waals surface area (Å²) in [7, 11) is -2.05. The molecule has 0 radical (unpaired) electrons. The van der Waals surface area contributed by atoms with Gasteiger partial charge in [0, 0.05) is 42.0 Å². The highest BCUT2D eigenvalue weighted by molar-refractivity contribution is 7.92. The Balaban J connectivity index is 1.94. The highest BCUT2D eigenvalue weighted by Crippen LogP contribution is 2.39. The lowest BCUT2D eigenvalue weighted by molar-refractivity contribution is 0.0930. The summed E-state index contributed by atoms with van der Waals surface area (Å²) in [5.41, 5.74) is 0.657. The minimum absolute atomic E-state index is 0.0384. The molecular weight excluding hydrogens is 489 g/mol. The normalized spacial score (nSPS) is 11.4. The van der Waals surface area contributed by atoms with E-state index in [9.17, 15) is 22.4 Å². The second-order valence-electron chi connectivity index (χ2n) is 7.94. The van der Waals surface area contributed by atoms with E-state index in [-0.39, 0.29) is 22.8 Å². The number of ether oxygens (including phenoxy) is 1. The molecule has 0 atom stereocenters. The van der Waals surface area contributed by atoms with Gasteiger partial charge in [0.25, 0.3) is 11.5 Å². The number of fused-ring (bicyclic) bond motifs is 1. The van der Waals surface area contributed by atoms with E-state index in [1.54, 1.807) is 25.3 Å². The third-order valence-electron chi connectivity index (χ3n) is 5.39. The second-order valence-corrected chi connectivity index (χ2v) is 9.96. The van der Waals surface area contributed by atoms with Crippen LogP contribution in [-0.4, -0.2) is 31.2 Å². The van der Waals surface area contributed by atoms with Crippen molar-refractivity contribution in [3.63, 3.8) is 0 Å². The van der Waals surface area contributed by atoms with Crippen LogP contribution in [0.25, 0.3) is 22.1 Å². The van der Waals surface area contributed by atoms with Crippen LogP contribution in [0, 0.1) is 5.82 Å². The number of halogens is 1. The molecule has 0 unspecified atom stereocenters. The molecule has 36 heavy (non-hydrogen) atoms. The maximum Gasteiger partial charge on any atom is 0.293 e. The van der Waals surface area contributed by atoms with Crippen LogP contribution in [0.3, 0.4) is 0 Å². The number of carbonyl (C=O) groups excluding carboxylic acids is 1. The molecule has 0 spiro atoms. The molecule has 0 aliphatic rings. The molecule has 2 aromatic carbocycles. The zero-order chi connectivity index (χ0) is 26.0. The summed E-state index contributed by atoms with van der Waals surface area (Å²) in [5.74, 6) is -0.424. The van der Waals surface area contributed by atoms with Crippen LogP contribution >= 0.6 is 0 Å². The van der Waals surface area contributed by atoms with Crippen LogP contribution in [0.4, 0.5) is 10.1 Å². The lowest BCUT2D eigenvalue weighted by Gasteiger charge is -2.15. The molecule has 2 aromatic heterocycles. The predicted molar refractivity (Wildman–Crippen MR) is 134 cm³/mol. The molecule has 0 bridgehead atoms. The molecule has 2 N–H and O–H groups in total. The Kier molecular flexibility index (Phi) is 6.84. The van der Waals surface area contributed by atoms with Gasteiger partial charge < -0.3 is 19.0 Å². The second kappa shape index (κ2) is 9.86. The van der Waals surface area contributed by atoms with E-state index < -0.39 is 27.3 Å². The number of pyridine rings is 1. The molecule has 2 heterocycles. The lowest BCUT2D eigenvalue weighted by atomic mass is 10.0.